The van der Waals surface area contributed by atoms with Crippen molar-refractivity contribution in [2.24, 2.45) is 0 Å². The Hall–Kier alpha value is -1.29. The van der Waals surface area contributed by atoms with Gasteiger partial charge in [-0.3, -0.25) is 4.98 Å². The van der Waals surface area contributed by atoms with Gasteiger partial charge in [0.15, 0.2) is 0 Å². The van der Waals surface area contributed by atoms with E-state index in [0.29, 0.717) is 11.4 Å². The van der Waals surface area contributed by atoms with Crippen molar-refractivity contribution in [2.45, 2.75) is 25.8 Å². The average molecular weight is 241 g/mol. The lowest BCUT2D eigenvalue weighted by Gasteiger charge is -2.24. The maximum Gasteiger partial charge on any atom is 0.326 e. The zero-order chi connectivity index (χ0) is 11.7. The zero-order valence-corrected chi connectivity index (χ0v) is 9.74. The molecule has 86 valence electrons. The van der Waals surface area contributed by atoms with E-state index >= 15 is 0 Å². The van der Waals surface area contributed by atoms with Gasteiger partial charge in [-0.1, -0.05) is 11.6 Å². The lowest BCUT2D eigenvalue weighted by molar-refractivity contribution is -0.138. The second-order valence-electron chi connectivity index (χ2n) is 3.92. The van der Waals surface area contributed by atoms with Gasteiger partial charge in [0, 0.05) is 12.7 Å². The van der Waals surface area contributed by atoms with Crippen molar-refractivity contribution in [1.29, 1.82) is 0 Å². The summed E-state index contributed by atoms with van der Waals surface area (Å²) in [4.78, 5) is 17.0. The van der Waals surface area contributed by atoms with Gasteiger partial charge in [0.25, 0.3) is 0 Å². The van der Waals surface area contributed by atoms with E-state index in [1.807, 2.05) is 11.8 Å². The number of pyridine rings is 1. The summed E-state index contributed by atoms with van der Waals surface area (Å²) in [6.07, 6.45) is 3.22. The molecule has 1 aromatic heterocycles. The molecule has 1 aromatic rings. The normalized spacial score (nSPS) is 20.1. The summed E-state index contributed by atoms with van der Waals surface area (Å²) in [6.45, 7) is 2.55. The maximum atomic E-state index is 11.1. The highest BCUT2D eigenvalue weighted by atomic mass is 35.5. The van der Waals surface area contributed by atoms with Crippen LogP contribution in [0, 0.1) is 6.92 Å². The molecule has 1 N–H and O–H groups in total. The molecule has 1 aliphatic rings. The van der Waals surface area contributed by atoms with Crippen molar-refractivity contribution in [3.8, 4) is 0 Å². The van der Waals surface area contributed by atoms with E-state index in [0.717, 1.165) is 24.3 Å². The van der Waals surface area contributed by atoms with Crippen molar-refractivity contribution < 1.29 is 9.90 Å². The van der Waals surface area contributed by atoms with Crippen molar-refractivity contribution >= 4 is 23.3 Å². The molecule has 0 unspecified atom stereocenters. The van der Waals surface area contributed by atoms with E-state index in [2.05, 4.69) is 4.98 Å². The van der Waals surface area contributed by atoms with Crippen LogP contribution < -0.4 is 4.90 Å². The fourth-order valence-electron chi connectivity index (χ4n) is 2.07. The molecule has 0 aromatic carbocycles. The van der Waals surface area contributed by atoms with E-state index in [-0.39, 0.29) is 0 Å². The lowest BCUT2D eigenvalue weighted by Crippen LogP contribution is -2.36. The fourth-order valence-corrected chi connectivity index (χ4v) is 2.29. The number of aromatic nitrogens is 1. The molecule has 1 fully saturated rings. The third-order valence-electron chi connectivity index (χ3n) is 2.89. The molecule has 0 saturated carbocycles. The zero-order valence-electron chi connectivity index (χ0n) is 8.98. The minimum Gasteiger partial charge on any atom is -0.480 e. The van der Waals surface area contributed by atoms with Crippen molar-refractivity contribution in [1.82, 2.24) is 4.98 Å². The number of aryl methyl sites for hydroxylation is 1. The monoisotopic (exact) mass is 240 g/mol. The van der Waals surface area contributed by atoms with E-state index in [1.165, 1.54) is 0 Å². The lowest BCUT2D eigenvalue weighted by atomic mass is 10.2. The molecule has 1 atom stereocenters. The second-order valence-corrected chi connectivity index (χ2v) is 4.30. The third kappa shape index (κ3) is 1.85. The number of carboxylic acid groups (broad SMARTS) is 1. The number of halogens is 1. The number of hydrogen-bond donors (Lipinski definition) is 1. The first-order valence-electron chi connectivity index (χ1n) is 5.22. The highest BCUT2D eigenvalue weighted by Gasteiger charge is 2.31. The molecule has 2 rings (SSSR count). The summed E-state index contributed by atoms with van der Waals surface area (Å²) in [5, 5.41) is 9.66. The molecular formula is C11H13ClN2O2. The van der Waals surface area contributed by atoms with E-state index in [9.17, 15) is 4.79 Å². The predicted octanol–water partition coefficient (Wildman–Crippen LogP) is 2.10. The maximum absolute atomic E-state index is 11.1. The van der Waals surface area contributed by atoms with Crippen LogP contribution in [0.2, 0.25) is 5.02 Å². The van der Waals surface area contributed by atoms with Crippen LogP contribution in [0.25, 0.3) is 0 Å². The SMILES string of the molecule is Cc1nccc(N2CCC[C@@H]2C(=O)O)c1Cl. The van der Waals surface area contributed by atoms with Gasteiger partial charge in [-0.2, -0.15) is 0 Å². The van der Waals surface area contributed by atoms with E-state index in [1.54, 1.807) is 12.3 Å². The Labute approximate surface area is 98.9 Å². The topological polar surface area (TPSA) is 53.4 Å². The average Bonchev–Trinajstić information content (AvgIpc) is 2.70. The predicted molar refractivity (Wildman–Crippen MR) is 62.0 cm³/mol. The number of carbonyl (C=O) groups is 1. The molecule has 0 aliphatic carbocycles. The van der Waals surface area contributed by atoms with Gasteiger partial charge < -0.3 is 10.0 Å². The van der Waals surface area contributed by atoms with Crippen molar-refractivity contribution in [3.05, 3.63) is 23.0 Å². The highest BCUT2D eigenvalue weighted by Crippen LogP contribution is 2.32. The molecule has 2 heterocycles. The van der Waals surface area contributed by atoms with Crippen LogP contribution in [-0.2, 0) is 4.79 Å². The van der Waals surface area contributed by atoms with Crippen molar-refractivity contribution in [2.75, 3.05) is 11.4 Å². The highest BCUT2D eigenvalue weighted by molar-refractivity contribution is 6.33. The number of nitrogens with zero attached hydrogens (tertiary/aromatic N) is 2. The molecule has 1 aliphatic heterocycles. The third-order valence-corrected chi connectivity index (χ3v) is 3.36. The van der Waals surface area contributed by atoms with Crippen LogP contribution >= 0.6 is 11.6 Å². The minimum absolute atomic E-state index is 0.459. The molecular weight excluding hydrogens is 228 g/mol. The Kier molecular flexibility index (Phi) is 3.01. The summed E-state index contributed by atoms with van der Waals surface area (Å²) in [5.41, 5.74) is 1.51. The standard InChI is InChI=1S/C11H13ClN2O2/c1-7-10(12)8(4-5-13-7)14-6-2-3-9(14)11(15)16/h4-5,9H,2-3,6H2,1H3,(H,15,16)/t9-/m1/s1. The number of hydrogen-bond acceptors (Lipinski definition) is 3. The molecule has 1 saturated heterocycles. The van der Waals surface area contributed by atoms with Crippen LogP contribution in [0.3, 0.4) is 0 Å². The first-order valence-corrected chi connectivity index (χ1v) is 5.59. The van der Waals surface area contributed by atoms with Gasteiger partial charge in [-0.15, -0.1) is 0 Å². The number of anilines is 1. The first-order chi connectivity index (χ1) is 7.61. The summed E-state index contributed by atoms with van der Waals surface area (Å²) >= 11 is 6.15. The summed E-state index contributed by atoms with van der Waals surface area (Å²) < 4.78 is 0. The first kappa shape index (κ1) is 11.2. The van der Waals surface area contributed by atoms with Crippen LogP contribution in [0.5, 0.6) is 0 Å². The van der Waals surface area contributed by atoms with Crippen LogP contribution in [0.15, 0.2) is 12.3 Å². The largest absolute Gasteiger partial charge is 0.480 e. The molecule has 16 heavy (non-hydrogen) atoms. The van der Waals surface area contributed by atoms with Crippen LogP contribution in [0.1, 0.15) is 18.5 Å². The molecule has 0 spiro atoms. The van der Waals surface area contributed by atoms with Gasteiger partial charge >= 0.3 is 5.97 Å². The van der Waals surface area contributed by atoms with E-state index < -0.39 is 12.0 Å². The van der Waals surface area contributed by atoms with Gasteiger partial charge in [-0.25, -0.2) is 4.79 Å². The molecule has 0 radical (unpaired) electrons. The minimum atomic E-state index is -0.789. The van der Waals surface area contributed by atoms with Gasteiger partial charge in [0.1, 0.15) is 6.04 Å². The van der Waals surface area contributed by atoms with Gasteiger partial charge in [0.2, 0.25) is 0 Å². The summed E-state index contributed by atoms with van der Waals surface area (Å²) in [5.74, 6) is -0.789. The summed E-state index contributed by atoms with van der Waals surface area (Å²) in [6, 6.07) is 1.32. The number of carboxylic acids is 1. The Morgan fingerprint density at radius 1 is 1.69 bits per heavy atom. The van der Waals surface area contributed by atoms with Gasteiger partial charge in [0.05, 0.1) is 16.4 Å². The second kappa shape index (κ2) is 4.29. The Morgan fingerprint density at radius 2 is 2.44 bits per heavy atom. The number of aliphatic carboxylic acids is 1. The number of rotatable bonds is 2. The smallest absolute Gasteiger partial charge is 0.326 e. The fraction of sp³-hybridized carbons (Fsp3) is 0.455. The molecule has 0 bridgehead atoms. The molecule has 4 nitrogen and oxygen atoms in total. The van der Waals surface area contributed by atoms with Crippen molar-refractivity contribution in [3.63, 3.8) is 0 Å². The Balaban J connectivity index is 2.36. The molecule has 5 heteroatoms. The van der Waals surface area contributed by atoms with Crippen LogP contribution in [0.4, 0.5) is 5.69 Å². The summed E-state index contributed by atoms with van der Waals surface area (Å²) in [7, 11) is 0. The van der Waals surface area contributed by atoms with Crippen LogP contribution in [-0.4, -0.2) is 28.6 Å². The van der Waals surface area contributed by atoms with E-state index in [4.69, 9.17) is 16.7 Å². The quantitative estimate of drug-likeness (QED) is 0.860. The van der Waals surface area contributed by atoms with Gasteiger partial charge in [-0.05, 0) is 25.8 Å². The molecule has 0 amide bonds. The Morgan fingerprint density at radius 3 is 3.12 bits per heavy atom. The Bertz CT molecular complexity index is 422.